The first-order valence-corrected chi connectivity index (χ1v) is 0. The first-order valence-electron chi connectivity index (χ1n) is 0. The van der Waals surface area contributed by atoms with Gasteiger partial charge in [-0.05, 0) is 0 Å². The first kappa shape index (κ1) is 48.4. The van der Waals surface area contributed by atoms with Crippen molar-refractivity contribution < 1.29 is 67.4 Å². The van der Waals surface area contributed by atoms with Gasteiger partial charge in [0.05, 0.1) is 0 Å². The van der Waals surface area contributed by atoms with E-state index in [0.717, 1.165) is 0 Å². The summed E-state index contributed by atoms with van der Waals surface area (Å²) in [6.45, 7) is 0. The summed E-state index contributed by atoms with van der Waals surface area (Å²) in [4.78, 5) is 0. The van der Waals surface area contributed by atoms with Gasteiger partial charge in [-0.15, -0.1) is 0 Å². The topological polar surface area (TPSA) is 0 Å². The van der Waals surface area contributed by atoms with E-state index in [-0.39, 0.29) is 86.3 Å². The zero-order chi connectivity index (χ0) is 0. The van der Waals surface area contributed by atoms with Crippen molar-refractivity contribution in [3.8, 4) is 0 Å². The van der Waals surface area contributed by atoms with Crippen LogP contribution < -0.4 is 0 Å². The second kappa shape index (κ2) is 30.3. The van der Waals surface area contributed by atoms with Crippen molar-refractivity contribution in [3.05, 3.63) is 0 Å². The zero-order valence-electron chi connectivity index (χ0n) is 1.38. The van der Waals surface area contributed by atoms with Gasteiger partial charge in [0, 0.05) is 67.4 Å². The van der Waals surface area contributed by atoms with Crippen molar-refractivity contribution in [3.63, 3.8) is 0 Å². The molecule has 36 valence electrons. The third-order valence-corrected chi connectivity index (χ3v) is 0. The van der Waals surface area contributed by atoms with E-state index < -0.39 is 0 Å². The van der Waals surface area contributed by atoms with Gasteiger partial charge in [-0.3, -0.25) is 0 Å². The Morgan fingerprint density at radius 2 is 1.00 bits per heavy atom. The van der Waals surface area contributed by atoms with Crippen LogP contribution in [0.25, 0.3) is 0 Å². The van der Waals surface area contributed by atoms with Crippen LogP contribution in [-0.4, -0.2) is 18.9 Å². The second-order valence-electron chi connectivity index (χ2n) is 0. The van der Waals surface area contributed by atoms with E-state index in [1.165, 1.54) is 0 Å². The maximum atomic E-state index is 0. The van der Waals surface area contributed by atoms with E-state index in [0.29, 0.717) is 0 Å². The van der Waals surface area contributed by atoms with Crippen LogP contribution in [0.5, 0.6) is 0 Å². The molecular weight excluding hydrogens is 235 g/mol. The number of rotatable bonds is 0. The Labute approximate surface area is 85.2 Å². The number of hydrogen-bond acceptors (Lipinski definition) is 0. The molecule has 0 amide bonds. The summed E-state index contributed by atoms with van der Waals surface area (Å²) in [7, 11) is 0. The van der Waals surface area contributed by atoms with Crippen molar-refractivity contribution in [2.24, 2.45) is 0 Å². The van der Waals surface area contributed by atoms with Gasteiger partial charge >= 0.3 is 18.9 Å². The fourth-order valence-electron chi connectivity index (χ4n) is 0. The van der Waals surface area contributed by atoms with E-state index in [1.54, 1.807) is 0 Å². The minimum Gasteiger partial charge on any atom is 0 e. The fourth-order valence-corrected chi connectivity index (χ4v) is 0. The van der Waals surface area contributed by atoms with Crippen molar-refractivity contribution >= 4 is 18.9 Å². The summed E-state index contributed by atoms with van der Waals surface area (Å²) in [5, 5.41) is 0. The molecule has 0 nitrogen and oxygen atoms in total. The van der Waals surface area contributed by atoms with Crippen LogP contribution in [0.2, 0.25) is 0 Å². The average molecular weight is 236 g/mol. The van der Waals surface area contributed by atoms with Gasteiger partial charge in [-0.2, -0.15) is 0 Å². The molecule has 0 aromatic rings. The normalized spacial score (nSPS) is 0. The summed E-state index contributed by atoms with van der Waals surface area (Å²) in [6, 6.07) is 0. The van der Waals surface area contributed by atoms with Gasteiger partial charge < -0.3 is 0 Å². The van der Waals surface area contributed by atoms with Gasteiger partial charge in [-0.1, -0.05) is 0 Å². The van der Waals surface area contributed by atoms with E-state index in [9.17, 15) is 0 Å². The molecule has 0 saturated carbocycles. The molecular formula is HCoFeLiMnNi. The predicted octanol–water partition coefficient (Wildman–Crippen LogP) is -0.659. The second-order valence-corrected chi connectivity index (χ2v) is 0. The maximum Gasteiger partial charge on any atom is 0 e. The molecule has 0 aromatic heterocycles. The van der Waals surface area contributed by atoms with Crippen LogP contribution in [0.3, 0.4) is 0 Å². The van der Waals surface area contributed by atoms with Crippen LogP contribution in [0.15, 0.2) is 0 Å². The van der Waals surface area contributed by atoms with Crippen molar-refractivity contribution in [1.29, 1.82) is 0 Å². The molecule has 5 heavy (non-hydrogen) atoms. The molecule has 0 spiro atoms. The Morgan fingerprint density at radius 3 is 1.00 bits per heavy atom. The van der Waals surface area contributed by atoms with Gasteiger partial charge in [0.25, 0.3) is 0 Å². The molecule has 0 rings (SSSR count). The van der Waals surface area contributed by atoms with Crippen molar-refractivity contribution in [2.75, 3.05) is 0 Å². The molecule has 0 aromatic carbocycles. The molecule has 0 N–H and O–H groups in total. The Bertz CT molecular complexity index is 11.6. The van der Waals surface area contributed by atoms with Crippen molar-refractivity contribution in [1.82, 2.24) is 0 Å². The number of hydrogen-bond donors (Lipinski definition) is 0. The minimum absolute atomic E-state index is 0. The fraction of sp³-hybridized carbons (Fsp3) is 0. The molecule has 0 saturated heterocycles. The van der Waals surface area contributed by atoms with E-state index in [2.05, 4.69) is 0 Å². The monoisotopic (exact) mass is 236 g/mol. The summed E-state index contributed by atoms with van der Waals surface area (Å²) >= 11 is 0. The van der Waals surface area contributed by atoms with Gasteiger partial charge in [0.1, 0.15) is 0 Å². The molecule has 0 heterocycles. The zero-order valence-corrected chi connectivity index (χ0v) is 5.69. The minimum atomic E-state index is 0. The standard InChI is InChI=1S/Co.Fe.Li.Mn.Ni.H. The van der Waals surface area contributed by atoms with Crippen LogP contribution >= 0.6 is 0 Å². The first-order chi connectivity index (χ1) is 0. The molecule has 0 unspecified atom stereocenters. The third-order valence-electron chi connectivity index (χ3n) is 0. The van der Waals surface area contributed by atoms with Crippen molar-refractivity contribution in [2.45, 2.75) is 0 Å². The molecule has 2 radical (unpaired) electrons. The largest absolute Gasteiger partial charge is 0 e. The third kappa shape index (κ3) is 20.5. The van der Waals surface area contributed by atoms with E-state index in [1.807, 2.05) is 0 Å². The van der Waals surface area contributed by atoms with Gasteiger partial charge in [0.15, 0.2) is 0 Å². The molecule has 0 aliphatic heterocycles. The summed E-state index contributed by atoms with van der Waals surface area (Å²) < 4.78 is 0. The molecule has 0 aliphatic carbocycles. The quantitative estimate of drug-likeness (QED) is 0.490. The SMILES string of the molecule is [Co].[Fe].[LiH].[Mn].[Ni]. The molecule has 0 fully saturated rings. The molecule has 0 atom stereocenters. The van der Waals surface area contributed by atoms with E-state index in [4.69, 9.17) is 0 Å². The summed E-state index contributed by atoms with van der Waals surface area (Å²) in [5.74, 6) is 0. The van der Waals surface area contributed by atoms with Gasteiger partial charge in [-0.25, -0.2) is 0 Å². The predicted molar refractivity (Wildman–Crippen MR) is 7.15 cm³/mol. The van der Waals surface area contributed by atoms with Gasteiger partial charge in [0.2, 0.25) is 0 Å². The average Bonchev–Trinajstić information content (AvgIpc) is 0. The maximum absolute atomic E-state index is 0. The van der Waals surface area contributed by atoms with Crippen LogP contribution in [0.4, 0.5) is 0 Å². The molecule has 5 heteroatoms. The Morgan fingerprint density at radius 1 is 1.00 bits per heavy atom. The Balaban J connectivity index is 0. The van der Waals surface area contributed by atoms with Crippen LogP contribution in [-0.2, 0) is 67.4 Å². The van der Waals surface area contributed by atoms with Crippen LogP contribution in [0, 0.1) is 0 Å². The Kier molecular flexibility index (Phi) is 294. The Hall–Kier alpha value is 2.64. The smallest absolute Gasteiger partial charge is 0 e. The summed E-state index contributed by atoms with van der Waals surface area (Å²) in [6.07, 6.45) is 0. The van der Waals surface area contributed by atoms with Crippen LogP contribution in [0.1, 0.15) is 0 Å². The molecule has 0 bridgehead atoms. The molecule has 0 aliphatic rings. The summed E-state index contributed by atoms with van der Waals surface area (Å²) in [5.41, 5.74) is 0. The van der Waals surface area contributed by atoms with E-state index >= 15 is 0 Å².